The molecule has 0 aliphatic rings. The molecule has 8 nitrogen and oxygen atoms in total. The molecule has 0 saturated heterocycles. The van der Waals surface area contributed by atoms with Crippen LogP contribution in [0, 0.1) is 0 Å². The van der Waals surface area contributed by atoms with E-state index in [0.717, 1.165) is 0 Å². The first-order chi connectivity index (χ1) is 17.9. The number of oxazole rings is 1. The number of furan rings is 1. The molecule has 2 heterocycles. The fraction of sp³-hybridized carbons (Fsp3) is 0.111. The molecule has 0 fully saturated rings. The fourth-order valence-electron chi connectivity index (χ4n) is 3.79. The van der Waals surface area contributed by atoms with Crippen LogP contribution >= 0.6 is 23.2 Å². The highest BCUT2D eigenvalue weighted by Gasteiger charge is 2.18. The smallest absolute Gasteiger partial charge is 0.291 e. The molecule has 5 rings (SSSR count). The highest BCUT2D eigenvalue weighted by molar-refractivity contribution is 6.42. The molecule has 1 N–H and O–H groups in total. The van der Waals surface area contributed by atoms with Gasteiger partial charge in [0.15, 0.2) is 22.8 Å². The Hall–Kier alpha value is -4.14. The zero-order valence-corrected chi connectivity index (χ0v) is 21.4. The van der Waals surface area contributed by atoms with Crippen molar-refractivity contribution in [2.24, 2.45) is 0 Å². The summed E-state index contributed by atoms with van der Waals surface area (Å²) in [5.74, 6) is 1.99. The number of anilines is 1. The van der Waals surface area contributed by atoms with Gasteiger partial charge in [-0.25, -0.2) is 4.98 Å². The topological polar surface area (TPSA) is 96.0 Å². The van der Waals surface area contributed by atoms with Crippen molar-refractivity contribution >= 4 is 45.9 Å². The standard InChI is InChI=1S/C27H20Cl2N2O6/c1-33-23-11-15(12-24(34-2)25(23)35-3)27-31-19-13-16(5-7-21(19)37-27)30-26(32)22-9-8-20(36-22)14-4-6-17(28)18(29)10-14/h4-13H,1-3H3,(H,30,32). The first-order valence-corrected chi connectivity index (χ1v) is 11.7. The summed E-state index contributed by atoms with van der Waals surface area (Å²) in [7, 11) is 4.61. The first kappa shape index (κ1) is 24.5. The van der Waals surface area contributed by atoms with Crippen LogP contribution in [0.1, 0.15) is 10.6 Å². The zero-order chi connectivity index (χ0) is 26.1. The van der Waals surface area contributed by atoms with E-state index in [4.69, 9.17) is 46.2 Å². The van der Waals surface area contributed by atoms with E-state index in [1.807, 2.05) is 0 Å². The van der Waals surface area contributed by atoms with Crippen LogP contribution in [0.3, 0.4) is 0 Å². The van der Waals surface area contributed by atoms with Gasteiger partial charge in [0.2, 0.25) is 11.6 Å². The number of benzene rings is 3. The Bertz CT molecular complexity index is 1600. The van der Waals surface area contributed by atoms with Gasteiger partial charge in [-0.05, 0) is 60.7 Å². The van der Waals surface area contributed by atoms with Crippen LogP contribution in [-0.4, -0.2) is 32.2 Å². The summed E-state index contributed by atoms with van der Waals surface area (Å²) in [5.41, 5.74) is 2.97. The molecule has 0 aliphatic carbocycles. The predicted octanol–water partition coefficient (Wildman–Crippen LogP) is 7.34. The second kappa shape index (κ2) is 10.1. The summed E-state index contributed by atoms with van der Waals surface area (Å²) in [6, 6.07) is 17.0. The van der Waals surface area contributed by atoms with E-state index in [1.54, 1.807) is 60.7 Å². The summed E-state index contributed by atoms with van der Waals surface area (Å²) in [5, 5.41) is 3.65. The summed E-state index contributed by atoms with van der Waals surface area (Å²) < 4.78 is 27.9. The second-order valence-electron chi connectivity index (χ2n) is 7.86. The van der Waals surface area contributed by atoms with Crippen LogP contribution in [0.15, 0.2) is 69.5 Å². The molecular formula is C27H20Cl2N2O6. The van der Waals surface area contributed by atoms with Crippen LogP contribution in [0.25, 0.3) is 33.9 Å². The van der Waals surface area contributed by atoms with Gasteiger partial charge in [-0.2, -0.15) is 0 Å². The predicted molar refractivity (Wildman–Crippen MR) is 141 cm³/mol. The molecule has 10 heteroatoms. The number of halogens is 2. The highest BCUT2D eigenvalue weighted by atomic mass is 35.5. The largest absolute Gasteiger partial charge is 0.493 e. The Labute approximate surface area is 221 Å². The van der Waals surface area contributed by atoms with Crippen molar-refractivity contribution in [3.05, 3.63) is 76.5 Å². The molecule has 0 spiro atoms. The first-order valence-electron chi connectivity index (χ1n) is 11.0. The summed E-state index contributed by atoms with van der Waals surface area (Å²) >= 11 is 12.1. The Morgan fingerprint density at radius 2 is 1.57 bits per heavy atom. The van der Waals surface area contributed by atoms with Gasteiger partial charge in [0.05, 0.1) is 31.4 Å². The van der Waals surface area contributed by atoms with Gasteiger partial charge < -0.3 is 28.4 Å². The minimum Gasteiger partial charge on any atom is -0.493 e. The molecule has 188 valence electrons. The maximum absolute atomic E-state index is 12.8. The number of methoxy groups -OCH3 is 3. The minimum atomic E-state index is -0.418. The van der Waals surface area contributed by atoms with Crippen molar-refractivity contribution in [2.45, 2.75) is 0 Å². The van der Waals surface area contributed by atoms with Gasteiger partial charge in [0.25, 0.3) is 5.91 Å². The molecule has 2 aromatic heterocycles. The van der Waals surface area contributed by atoms with Crippen molar-refractivity contribution in [3.63, 3.8) is 0 Å². The van der Waals surface area contributed by atoms with Crippen LogP contribution in [0.2, 0.25) is 10.0 Å². The number of ether oxygens (including phenoxy) is 3. The Morgan fingerprint density at radius 1 is 0.811 bits per heavy atom. The van der Waals surface area contributed by atoms with E-state index >= 15 is 0 Å². The van der Waals surface area contributed by atoms with E-state index < -0.39 is 5.91 Å². The molecule has 0 bridgehead atoms. The van der Waals surface area contributed by atoms with Gasteiger partial charge >= 0.3 is 0 Å². The SMILES string of the molecule is COc1cc(-c2nc3cc(NC(=O)c4ccc(-c5ccc(Cl)c(Cl)c5)o4)ccc3o2)cc(OC)c1OC. The monoisotopic (exact) mass is 538 g/mol. The molecule has 3 aromatic carbocycles. The molecule has 0 saturated carbocycles. The lowest BCUT2D eigenvalue weighted by Gasteiger charge is -2.12. The van der Waals surface area contributed by atoms with Crippen molar-refractivity contribution in [1.82, 2.24) is 4.98 Å². The van der Waals surface area contributed by atoms with Crippen LogP contribution in [0.4, 0.5) is 5.69 Å². The number of carbonyl (C=O) groups is 1. The Balaban J connectivity index is 1.38. The quantitative estimate of drug-likeness (QED) is 0.231. The van der Waals surface area contributed by atoms with E-state index in [-0.39, 0.29) is 5.76 Å². The van der Waals surface area contributed by atoms with Crippen molar-refractivity contribution < 1.29 is 27.8 Å². The van der Waals surface area contributed by atoms with E-state index in [0.29, 0.717) is 66.9 Å². The number of hydrogen-bond donors (Lipinski definition) is 1. The fourth-order valence-corrected chi connectivity index (χ4v) is 4.09. The lowest BCUT2D eigenvalue weighted by molar-refractivity contribution is 0.0997. The number of rotatable bonds is 7. The van der Waals surface area contributed by atoms with Gasteiger partial charge in [-0.3, -0.25) is 4.79 Å². The number of hydrogen-bond acceptors (Lipinski definition) is 7. The normalized spacial score (nSPS) is 10.9. The molecule has 5 aromatic rings. The lowest BCUT2D eigenvalue weighted by Crippen LogP contribution is -2.10. The summed E-state index contributed by atoms with van der Waals surface area (Å²) in [6.07, 6.45) is 0. The van der Waals surface area contributed by atoms with Gasteiger partial charge in [0.1, 0.15) is 11.3 Å². The van der Waals surface area contributed by atoms with Gasteiger partial charge in [0, 0.05) is 16.8 Å². The number of aromatic nitrogens is 1. The van der Waals surface area contributed by atoms with Gasteiger partial charge in [-0.1, -0.05) is 23.2 Å². The summed E-state index contributed by atoms with van der Waals surface area (Å²) in [4.78, 5) is 17.4. The number of carbonyl (C=O) groups excluding carboxylic acids is 1. The number of amides is 1. The molecule has 0 atom stereocenters. The second-order valence-corrected chi connectivity index (χ2v) is 8.68. The van der Waals surface area contributed by atoms with Crippen LogP contribution in [0.5, 0.6) is 17.2 Å². The van der Waals surface area contributed by atoms with Crippen molar-refractivity contribution in [3.8, 4) is 40.0 Å². The average Bonchev–Trinajstić information content (AvgIpc) is 3.57. The van der Waals surface area contributed by atoms with E-state index in [1.165, 1.54) is 21.3 Å². The molecule has 1 amide bonds. The minimum absolute atomic E-state index is 0.138. The molecular weight excluding hydrogens is 519 g/mol. The third-order valence-corrected chi connectivity index (χ3v) is 6.33. The van der Waals surface area contributed by atoms with Crippen LogP contribution < -0.4 is 19.5 Å². The number of fused-ring (bicyclic) bond motifs is 1. The maximum atomic E-state index is 12.8. The van der Waals surface area contributed by atoms with E-state index in [2.05, 4.69) is 10.3 Å². The van der Waals surface area contributed by atoms with Crippen molar-refractivity contribution in [1.29, 1.82) is 0 Å². The number of nitrogens with one attached hydrogen (secondary N) is 1. The van der Waals surface area contributed by atoms with Crippen LogP contribution in [-0.2, 0) is 0 Å². The Morgan fingerprint density at radius 3 is 2.24 bits per heavy atom. The highest BCUT2D eigenvalue weighted by Crippen LogP contribution is 2.41. The van der Waals surface area contributed by atoms with Crippen molar-refractivity contribution in [2.75, 3.05) is 26.6 Å². The molecule has 0 radical (unpaired) electrons. The number of nitrogens with zero attached hydrogens (tertiary/aromatic N) is 1. The Kier molecular flexibility index (Phi) is 6.69. The average molecular weight is 539 g/mol. The third kappa shape index (κ3) is 4.81. The molecule has 0 unspecified atom stereocenters. The maximum Gasteiger partial charge on any atom is 0.291 e. The molecule has 0 aliphatic heterocycles. The molecule has 37 heavy (non-hydrogen) atoms. The zero-order valence-electron chi connectivity index (χ0n) is 19.9. The van der Waals surface area contributed by atoms with E-state index in [9.17, 15) is 4.79 Å². The lowest BCUT2D eigenvalue weighted by atomic mass is 10.2. The third-order valence-electron chi connectivity index (χ3n) is 5.59. The summed E-state index contributed by atoms with van der Waals surface area (Å²) in [6.45, 7) is 0. The van der Waals surface area contributed by atoms with Gasteiger partial charge in [-0.15, -0.1) is 0 Å².